The second-order valence-corrected chi connectivity index (χ2v) is 7.57. The summed E-state index contributed by atoms with van der Waals surface area (Å²) < 4.78 is 5.27. The second-order valence-electron chi connectivity index (χ2n) is 6.59. The van der Waals surface area contributed by atoms with Crippen LogP contribution in [-0.4, -0.2) is 26.6 Å². The van der Waals surface area contributed by atoms with E-state index in [9.17, 15) is 4.79 Å². The molecule has 5 heteroatoms. The van der Waals surface area contributed by atoms with Gasteiger partial charge in [0, 0.05) is 10.4 Å². The van der Waals surface area contributed by atoms with Crippen molar-refractivity contribution in [2.24, 2.45) is 0 Å². The molecule has 1 aromatic heterocycles. The molecule has 3 aromatic rings. The van der Waals surface area contributed by atoms with E-state index in [1.807, 2.05) is 54.9 Å². The summed E-state index contributed by atoms with van der Waals surface area (Å²) in [6.45, 7) is 1.17. The maximum absolute atomic E-state index is 12.7. The minimum atomic E-state index is -0.108. The highest BCUT2D eigenvalue weighted by Crippen LogP contribution is 2.25. The zero-order chi connectivity index (χ0) is 19.1. The van der Waals surface area contributed by atoms with Crippen molar-refractivity contribution in [3.05, 3.63) is 88.1 Å². The van der Waals surface area contributed by atoms with Crippen molar-refractivity contribution in [3.8, 4) is 5.75 Å². The lowest BCUT2D eigenvalue weighted by atomic mass is 10.1. The SMILES string of the molecule is COc1cccc(C[NH+](C)CC(=O)N[C@H](c2ccccc2)c2cccs2)c1. The van der Waals surface area contributed by atoms with Crippen molar-refractivity contribution in [2.45, 2.75) is 12.6 Å². The zero-order valence-corrected chi connectivity index (χ0v) is 16.5. The molecule has 1 heterocycles. The van der Waals surface area contributed by atoms with Gasteiger partial charge < -0.3 is 15.0 Å². The lowest BCUT2D eigenvalue weighted by Gasteiger charge is -2.20. The van der Waals surface area contributed by atoms with Gasteiger partial charge in [-0.2, -0.15) is 0 Å². The van der Waals surface area contributed by atoms with Gasteiger partial charge in [-0.3, -0.25) is 4.79 Å². The van der Waals surface area contributed by atoms with Crippen LogP contribution in [0.4, 0.5) is 0 Å². The number of carbonyl (C=O) groups is 1. The van der Waals surface area contributed by atoms with Crippen molar-refractivity contribution < 1.29 is 14.4 Å². The molecule has 27 heavy (non-hydrogen) atoms. The number of likely N-dealkylation sites (N-methyl/N-ethyl adjacent to an activating group) is 1. The predicted octanol–water partition coefficient (Wildman–Crippen LogP) is 2.68. The maximum Gasteiger partial charge on any atom is 0.275 e. The fraction of sp³-hybridized carbons (Fsp3) is 0.227. The average Bonchev–Trinajstić information content (AvgIpc) is 3.21. The molecule has 0 bridgehead atoms. The van der Waals surface area contributed by atoms with Crippen LogP contribution in [0.25, 0.3) is 0 Å². The van der Waals surface area contributed by atoms with Gasteiger partial charge in [0.05, 0.1) is 20.2 Å². The fourth-order valence-corrected chi connectivity index (χ4v) is 3.90. The van der Waals surface area contributed by atoms with Gasteiger partial charge in [-0.25, -0.2) is 0 Å². The first-order valence-corrected chi connectivity index (χ1v) is 9.85. The Hall–Kier alpha value is -2.63. The molecule has 0 radical (unpaired) electrons. The van der Waals surface area contributed by atoms with E-state index in [1.165, 1.54) is 0 Å². The van der Waals surface area contributed by atoms with Crippen molar-refractivity contribution in [1.82, 2.24) is 5.32 Å². The number of thiophene rings is 1. The number of ether oxygens (including phenoxy) is 1. The fourth-order valence-electron chi connectivity index (χ4n) is 3.10. The highest BCUT2D eigenvalue weighted by Gasteiger charge is 2.20. The van der Waals surface area contributed by atoms with Crippen LogP contribution in [0, 0.1) is 0 Å². The third kappa shape index (κ3) is 5.42. The minimum Gasteiger partial charge on any atom is -0.497 e. The van der Waals surface area contributed by atoms with E-state index in [1.54, 1.807) is 18.4 Å². The molecular weight excluding hydrogens is 356 g/mol. The van der Waals surface area contributed by atoms with Crippen LogP contribution >= 0.6 is 11.3 Å². The third-order valence-electron chi connectivity index (χ3n) is 4.37. The molecule has 0 saturated carbocycles. The van der Waals surface area contributed by atoms with Gasteiger partial charge in [0.1, 0.15) is 12.3 Å². The minimum absolute atomic E-state index is 0.0395. The van der Waals surface area contributed by atoms with E-state index < -0.39 is 0 Å². The molecule has 0 aliphatic heterocycles. The molecule has 2 aromatic carbocycles. The van der Waals surface area contributed by atoms with Crippen LogP contribution < -0.4 is 15.0 Å². The number of hydrogen-bond acceptors (Lipinski definition) is 3. The maximum atomic E-state index is 12.7. The molecule has 2 N–H and O–H groups in total. The molecular formula is C22H25N2O2S+. The lowest BCUT2D eigenvalue weighted by Crippen LogP contribution is -3.08. The molecule has 4 nitrogen and oxygen atoms in total. The van der Waals surface area contributed by atoms with Gasteiger partial charge in [-0.05, 0) is 29.1 Å². The summed E-state index contributed by atoms with van der Waals surface area (Å²) in [4.78, 5) is 15.0. The van der Waals surface area contributed by atoms with Crippen LogP contribution in [0.5, 0.6) is 5.75 Å². The number of quaternary nitrogens is 1. The topological polar surface area (TPSA) is 42.8 Å². The van der Waals surface area contributed by atoms with E-state index in [4.69, 9.17) is 4.74 Å². The van der Waals surface area contributed by atoms with E-state index in [0.717, 1.165) is 33.2 Å². The van der Waals surface area contributed by atoms with Crippen molar-refractivity contribution in [2.75, 3.05) is 20.7 Å². The molecule has 0 aliphatic carbocycles. The van der Waals surface area contributed by atoms with Crippen molar-refractivity contribution in [1.29, 1.82) is 0 Å². The smallest absolute Gasteiger partial charge is 0.275 e. The quantitative estimate of drug-likeness (QED) is 0.630. The van der Waals surface area contributed by atoms with Gasteiger partial charge in [0.25, 0.3) is 5.91 Å². The Kier molecular flexibility index (Phi) is 6.63. The van der Waals surface area contributed by atoms with Crippen LogP contribution in [0.3, 0.4) is 0 Å². The number of methoxy groups -OCH3 is 1. The van der Waals surface area contributed by atoms with E-state index in [-0.39, 0.29) is 11.9 Å². The Morgan fingerprint density at radius 2 is 1.93 bits per heavy atom. The molecule has 0 saturated heterocycles. The second kappa shape index (κ2) is 9.35. The van der Waals surface area contributed by atoms with Gasteiger partial charge in [-0.15, -0.1) is 11.3 Å². The highest BCUT2D eigenvalue weighted by molar-refractivity contribution is 7.10. The number of carbonyl (C=O) groups excluding carboxylic acids is 1. The normalized spacial score (nSPS) is 13.0. The number of hydrogen-bond donors (Lipinski definition) is 2. The van der Waals surface area contributed by atoms with E-state index in [2.05, 4.69) is 29.6 Å². The first-order valence-electron chi connectivity index (χ1n) is 8.97. The lowest BCUT2D eigenvalue weighted by molar-refractivity contribution is -0.885. The van der Waals surface area contributed by atoms with Gasteiger partial charge in [-0.1, -0.05) is 48.5 Å². The molecule has 2 atom stereocenters. The number of amides is 1. The van der Waals surface area contributed by atoms with Crippen molar-refractivity contribution >= 4 is 17.2 Å². The zero-order valence-electron chi connectivity index (χ0n) is 15.6. The Morgan fingerprint density at radius 3 is 2.63 bits per heavy atom. The molecule has 1 amide bonds. The van der Waals surface area contributed by atoms with Gasteiger partial charge in [0.15, 0.2) is 6.54 Å². The molecule has 3 rings (SSSR count). The van der Waals surface area contributed by atoms with E-state index in [0.29, 0.717) is 6.54 Å². The Bertz CT molecular complexity index is 850. The van der Waals surface area contributed by atoms with Crippen LogP contribution in [0.1, 0.15) is 22.0 Å². The van der Waals surface area contributed by atoms with Crippen LogP contribution in [0.2, 0.25) is 0 Å². The summed E-state index contributed by atoms with van der Waals surface area (Å²) in [6, 6.07) is 22.0. The molecule has 0 spiro atoms. The Labute approximate surface area is 164 Å². The molecule has 0 aliphatic rings. The first kappa shape index (κ1) is 19.1. The average molecular weight is 382 g/mol. The highest BCUT2D eigenvalue weighted by atomic mass is 32.1. The molecule has 1 unspecified atom stereocenters. The number of benzene rings is 2. The standard InChI is InChI=1S/C22H24N2O2S/c1-24(15-17-8-6-11-19(14-17)26-2)16-21(25)23-22(20-12-7-13-27-20)18-9-4-3-5-10-18/h3-14,22H,15-16H2,1-2H3,(H,23,25)/p+1/t22-/m1/s1. The predicted molar refractivity (Wildman–Crippen MR) is 109 cm³/mol. The Balaban J connectivity index is 1.64. The van der Waals surface area contributed by atoms with Crippen LogP contribution in [0.15, 0.2) is 72.1 Å². The summed E-state index contributed by atoms with van der Waals surface area (Å²) >= 11 is 1.66. The van der Waals surface area contributed by atoms with E-state index >= 15 is 0 Å². The van der Waals surface area contributed by atoms with Gasteiger partial charge >= 0.3 is 0 Å². The number of rotatable bonds is 8. The summed E-state index contributed by atoms with van der Waals surface area (Å²) in [6.07, 6.45) is 0. The van der Waals surface area contributed by atoms with Crippen molar-refractivity contribution in [3.63, 3.8) is 0 Å². The molecule has 0 fully saturated rings. The van der Waals surface area contributed by atoms with Gasteiger partial charge in [0.2, 0.25) is 0 Å². The number of nitrogens with one attached hydrogen (secondary N) is 2. The molecule has 140 valence electrons. The summed E-state index contributed by atoms with van der Waals surface area (Å²) in [5, 5.41) is 5.24. The third-order valence-corrected chi connectivity index (χ3v) is 5.31. The summed E-state index contributed by atoms with van der Waals surface area (Å²) in [5.41, 5.74) is 2.25. The largest absolute Gasteiger partial charge is 0.497 e. The first-order chi connectivity index (χ1) is 13.2. The summed E-state index contributed by atoms with van der Waals surface area (Å²) in [7, 11) is 3.69. The van der Waals surface area contributed by atoms with Crippen LogP contribution in [-0.2, 0) is 11.3 Å². The Morgan fingerprint density at radius 1 is 1.11 bits per heavy atom. The summed E-state index contributed by atoms with van der Waals surface area (Å²) in [5.74, 6) is 0.879. The monoisotopic (exact) mass is 381 g/mol.